The van der Waals surface area contributed by atoms with E-state index in [1.54, 1.807) is 54.2 Å². The average molecular weight is 416 g/mol. The van der Waals surface area contributed by atoms with E-state index < -0.39 is 5.97 Å². The number of hydrogen-bond acceptors (Lipinski definition) is 7. The number of nitriles is 1. The van der Waals surface area contributed by atoms with Crippen molar-refractivity contribution in [2.75, 3.05) is 7.11 Å². The Morgan fingerprint density at radius 3 is 2.70 bits per heavy atom. The van der Waals surface area contributed by atoms with Crippen LogP contribution in [0.2, 0.25) is 0 Å². The van der Waals surface area contributed by atoms with Crippen LogP contribution in [0.4, 0.5) is 0 Å². The second-order valence-electron chi connectivity index (χ2n) is 6.31. The first-order chi connectivity index (χ1) is 14.7. The Kier molecular flexibility index (Phi) is 5.59. The molecule has 0 spiro atoms. The SMILES string of the molecule is COC(=O)c1ccc(COc2nc(-c3cccs3)cc(-c3ccoc3)c2C#N)cc1. The van der Waals surface area contributed by atoms with Gasteiger partial charge in [0, 0.05) is 11.1 Å². The number of aromatic nitrogens is 1. The van der Waals surface area contributed by atoms with E-state index in [0.29, 0.717) is 16.7 Å². The number of benzene rings is 1. The molecule has 3 aromatic heterocycles. The minimum absolute atomic E-state index is 0.196. The van der Waals surface area contributed by atoms with Crippen LogP contribution >= 0.6 is 11.3 Å². The molecular weight excluding hydrogens is 400 g/mol. The molecule has 0 unspecified atom stereocenters. The molecule has 0 atom stereocenters. The van der Waals surface area contributed by atoms with E-state index in [0.717, 1.165) is 21.7 Å². The first kappa shape index (κ1) is 19.4. The zero-order valence-electron chi connectivity index (χ0n) is 16.0. The van der Waals surface area contributed by atoms with Crippen LogP contribution in [0, 0.1) is 11.3 Å². The third-order valence-corrected chi connectivity index (χ3v) is 5.35. The summed E-state index contributed by atoms with van der Waals surface area (Å²) < 4.78 is 15.9. The fourth-order valence-corrected chi connectivity index (χ4v) is 3.62. The smallest absolute Gasteiger partial charge is 0.337 e. The molecular formula is C23H16N2O4S. The molecule has 1 aromatic carbocycles. The first-order valence-electron chi connectivity index (χ1n) is 9.01. The van der Waals surface area contributed by atoms with Crippen molar-refractivity contribution in [3.63, 3.8) is 0 Å². The number of ether oxygens (including phenoxy) is 2. The van der Waals surface area contributed by atoms with Crippen LogP contribution in [0.3, 0.4) is 0 Å². The summed E-state index contributed by atoms with van der Waals surface area (Å²) in [7, 11) is 1.34. The van der Waals surface area contributed by atoms with Gasteiger partial charge in [-0.25, -0.2) is 9.78 Å². The summed E-state index contributed by atoms with van der Waals surface area (Å²) in [6.45, 7) is 0.196. The van der Waals surface area contributed by atoms with Crippen LogP contribution in [0.5, 0.6) is 5.88 Å². The summed E-state index contributed by atoms with van der Waals surface area (Å²) in [4.78, 5) is 17.1. The Morgan fingerprint density at radius 1 is 1.23 bits per heavy atom. The van der Waals surface area contributed by atoms with E-state index in [2.05, 4.69) is 11.1 Å². The van der Waals surface area contributed by atoms with Gasteiger partial charge in [0.25, 0.3) is 0 Å². The molecule has 0 saturated carbocycles. The van der Waals surface area contributed by atoms with Crippen molar-refractivity contribution in [2.24, 2.45) is 0 Å². The molecule has 0 saturated heterocycles. The predicted octanol–water partition coefficient (Wildman–Crippen LogP) is 5.31. The maximum absolute atomic E-state index is 11.6. The highest BCUT2D eigenvalue weighted by Crippen LogP contribution is 2.35. The van der Waals surface area contributed by atoms with Crippen LogP contribution in [-0.4, -0.2) is 18.1 Å². The topological polar surface area (TPSA) is 85.3 Å². The van der Waals surface area contributed by atoms with Gasteiger partial charge in [-0.2, -0.15) is 5.26 Å². The molecule has 0 radical (unpaired) electrons. The lowest BCUT2D eigenvalue weighted by atomic mass is 10.0. The number of furan rings is 1. The number of methoxy groups -OCH3 is 1. The van der Waals surface area contributed by atoms with E-state index in [-0.39, 0.29) is 12.5 Å². The van der Waals surface area contributed by atoms with Gasteiger partial charge >= 0.3 is 5.97 Å². The van der Waals surface area contributed by atoms with Gasteiger partial charge < -0.3 is 13.9 Å². The molecule has 6 nitrogen and oxygen atoms in total. The van der Waals surface area contributed by atoms with Gasteiger partial charge in [0.05, 0.1) is 35.8 Å². The second kappa shape index (κ2) is 8.64. The fraction of sp³-hybridized carbons (Fsp3) is 0.0870. The minimum Gasteiger partial charge on any atom is -0.472 e. The van der Waals surface area contributed by atoms with Crippen LogP contribution < -0.4 is 4.74 Å². The molecule has 148 valence electrons. The normalized spacial score (nSPS) is 10.4. The number of nitrogens with zero attached hydrogens (tertiary/aromatic N) is 2. The summed E-state index contributed by atoms with van der Waals surface area (Å²) in [6, 6.07) is 16.7. The predicted molar refractivity (Wildman–Crippen MR) is 112 cm³/mol. The molecule has 0 aliphatic rings. The number of thiophene rings is 1. The van der Waals surface area contributed by atoms with Crippen molar-refractivity contribution in [1.29, 1.82) is 5.26 Å². The fourth-order valence-electron chi connectivity index (χ4n) is 2.94. The summed E-state index contributed by atoms with van der Waals surface area (Å²) in [5.74, 6) is -0.152. The second-order valence-corrected chi connectivity index (χ2v) is 7.26. The summed E-state index contributed by atoms with van der Waals surface area (Å²) in [5.41, 5.74) is 3.82. The lowest BCUT2D eigenvalue weighted by molar-refractivity contribution is 0.0600. The third kappa shape index (κ3) is 3.95. The number of hydrogen-bond donors (Lipinski definition) is 0. The highest BCUT2D eigenvalue weighted by atomic mass is 32.1. The molecule has 0 bridgehead atoms. The van der Waals surface area contributed by atoms with Gasteiger partial charge in [-0.05, 0) is 41.3 Å². The van der Waals surface area contributed by atoms with Crippen molar-refractivity contribution < 1.29 is 18.7 Å². The highest BCUT2D eigenvalue weighted by molar-refractivity contribution is 7.13. The maximum Gasteiger partial charge on any atom is 0.337 e. The Bertz CT molecular complexity index is 1190. The first-order valence-corrected chi connectivity index (χ1v) is 9.89. The summed E-state index contributed by atoms with van der Waals surface area (Å²) in [6.07, 6.45) is 3.15. The van der Waals surface area contributed by atoms with E-state index in [1.807, 2.05) is 23.6 Å². The van der Waals surface area contributed by atoms with Gasteiger partial charge in [-0.1, -0.05) is 18.2 Å². The minimum atomic E-state index is -0.399. The van der Waals surface area contributed by atoms with Gasteiger partial charge in [-0.15, -0.1) is 11.3 Å². The number of carbonyl (C=O) groups is 1. The standard InChI is InChI=1S/C23H16N2O4S/c1-27-23(26)16-6-4-15(5-7-16)13-29-22-19(12-24)18(17-8-9-28-14-17)11-20(25-22)21-3-2-10-30-21/h2-11,14H,13H2,1H3. The monoisotopic (exact) mass is 416 g/mol. The van der Waals surface area contributed by atoms with Crippen molar-refractivity contribution in [3.8, 4) is 33.6 Å². The van der Waals surface area contributed by atoms with E-state index in [1.165, 1.54) is 7.11 Å². The van der Waals surface area contributed by atoms with E-state index >= 15 is 0 Å². The molecule has 0 N–H and O–H groups in total. The number of pyridine rings is 1. The summed E-state index contributed by atoms with van der Waals surface area (Å²) >= 11 is 1.56. The quantitative estimate of drug-likeness (QED) is 0.396. The number of esters is 1. The molecule has 4 aromatic rings. The van der Waals surface area contributed by atoms with Crippen molar-refractivity contribution in [2.45, 2.75) is 6.61 Å². The Balaban J connectivity index is 1.68. The molecule has 0 fully saturated rings. The van der Waals surface area contributed by atoms with Gasteiger partial charge in [0.2, 0.25) is 5.88 Å². The largest absolute Gasteiger partial charge is 0.472 e. The van der Waals surface area contributed by atoms with Gasteiger partial charge in [0.1, 0.15) is 18.2 Å². The summed E-state index contributed by atoms with van der Waals surface area (Å²) in [5, 5.41) is 11.8. The highest BCUT2D eigenvalue weighted by Gasteiger charge is 2.18. The van der Waals surface area contributed by atoms with Gasteiger partial charge in [-0.3, -0.25) is 0 Å². The zero-order valence-corrected chi connectivity index (χ0v) is 16.8. The zero-order chi connectivity index (χ0) is 20.9. The van der Waals surface area contributed by atoms with Crippen LogP contribution in [0.25, 0.3) is 21.7 Å². The van der Waals surface area contributed by atoms with E-state index in [9.17, 15) is 10.1 Å². The molecule has 4 rings (SSSR count). The van der Waals surface area contributed by atoms with Crippen molar-refractivity contribution in [1.82, 2.24) is 4.98 Å². The number of carbonyl (C=O) groups excluding carboxylic acids is 1. The average Bonchev–Trinajstić information content (AvgIpc) is 3.51. The van der Waals surface area contributed by atoms with Crippen LogP contribution in [-0.2, 0) is 11.3 Å². The van der Waals surface area contributed by atoms with Gasteiger partial charge in [0.15, 0.2) is 0 Å². The Morgan fingerprint density at radius 2 is 2.07 bits per heavy atom. The molecule has 0 aliphatic heterocycles. The Labute approximate surface area is 176 Å². The molecule has 3 heterocycles. The Hall–Kier alpha value is -3.89. The van der Waals surface area contributed by atoms with Crippen LogP contribution in [0.1, 0.15) is 21.5 Å². The molecule has 30 heavy (non-hydrogen) atoms. The maximum atomic E-state index is 11.6. The van der Waals surface area contributed by atoms with Crippen molar-refractivity contribution in [3.05, 3.63) is 83.1 Å². The molecule has 0 amide bonds. The lowest BCUT2D eigenvalue weighted by Crippen LogP contribution is -2.04. The lowest BCUT2D eigenvalue weighted by Gasteiger charge is -2.12. The third-order valence-electron chi connectivity index (χ3n) is 4.45. The van der Waals surface area contributed by atoms with Crippen molar-refractivity contribution >= 4 is 17.3 Å². The van der Waals surface area contributed by atoms with E-state index in [4.69, 9.17) is 13.9 Å². The molecule has 0 aliphatic carbocycles. The van der Waals surface area contributed by atoms with Crippen LogP contribution in [0.15, 0.2) is 70.9 Å². The number of rotatable bonds is 6. The molecule has 7 heteroatoms.